The number of hydrogen-bond donors (Lipinski definition) is 0. The van der Waals surface area contributed by atoms with E-state index in [1.165, 1.54) is 27.5 Å². The quantitative estimate of drug-likeness (QED) is 0.770. The Labute approximate surface area is 127 Å². The highest BCUT2D eigenvalue weighted by atomic mass is 127. The van der Waals surface area contributed by atoms with Gasteiger partial charge in [-0.05, 0) is 59.5 Å². The fraction of sp³-hybridized carbons (Fsp3) is 0.400. The lowest BCUT2D eigenvalue weighted by molar-refractivity contribution is 0.0994. The van der Waals surface area contributed by atoms with Crippen LogP contribution in [0.3, 0.4) is 0 Å². The molecule has 0 radical (unpaired) electrons. The first-order chi connectivity index (χ1) is 9.31. The van der Waals surface area contributed by atoms with Crippen LogP contribution >= 0.6 is 22.6 Å². The van der Waals surface area contributed by atoms with Gasteiger partial charge in [-0.2, -0.15) is 5.10 Å². The number of aromatic nitrogens is 2. The van der Waals surface area contributed by atoms with E-state index in [0.29, 0.717) is 6.10 Å². The molecule has 0 saturated carbocycles. The second-order valence-corrected chi connectivity index (χ2v) is 6.17. The van der Waals surface area contributed by atoms with Gasteiger partial charge >= 0.3 is 0 Å². The minimum absolute atomic E-state index is 0.435. The van der Waals surface area contributed by atoms with E-state index in [1.54, 1.807) is 0 Å². The first kappa shape index (κ1) is 13.1. The van der Waals surface area contributed by atoms with Crippen LogP contribution in [-0.4, -0.2) is 22.5 Å². The number of hydrogen-bond acceptors (Lipinski definition) is 2. The Morgan fingerprint density at radius 3 is 3.11 bits per heavy atom. The van der Waals surface area contributed by atoms with Crippen molar-refractivity contribution in [1.82, 2.24) is 9.78 Å². The van der Waals surface area contributed by atoms with Crippen molar-refractivity contribution in [2.45, 2.75) is 31.9 Å². The average molecular weight is 368 g/mol. The van der Waals surface area contributed by atoms with Crippen LogP contribution in [0.2, 0.25) is 0 Å². The summed E-state index contributed by atoms with van der Waals surface area (Å²) in [5, 5.41) is 4.44. The molecule has 100 valence electrons. The minimum atomic E-state index is 0.435. The van der Waals surface area contributed by atoms with Gasteiger partial charge < -0.3 is 4.74 Å². The fourth-order valence-corrected chi connectivity index (χ4v) is 2.99. The lowest BCUT2D eigenvalue weighted by Crippen LogP contribution is -2.10. The van der Waals surface area contributed by atoms with Crippen LogP contribution in [0, 0.1) is 3.57 Å². The zero-order valence-corrected chi connectivity index (χ0v) is 12.9. The Bertz CT molecular complexity index is 547. The molecule has 1 aromatic carbocycles. The van der Waals surface area contributed by atoms with E-state index in [4.69, 9.17) is 4.74 Å². The summed E-state index contributed by atoms with van der Waals surface area (Å²) in [6, 6.07) is 8.50. The predicted octanol–water partition coefficient (Wildman–Crippen LogP) is 3.72. The predicted molar refractivity (Wildman–Crippen MR) is 84.0 cm³/mol. The summed E-state index contributed by atoms with van der Waals surface area (Å²) in [4.78, 5) is 0. The highest BCUT2D eigenvalue weighted by Gasteiger charge is 2.15. The van der Waals surface area contributed by atoms with Gasteiger partial charge in [0.05, 0.1) is 12.3 Å². The third kappa shape index (κ3) is 3.36. The van der Waals surface area contributed by atoms with Crippen LogP contribution in [0.15, 0.2) is 36.7 Å². The molecule has 3 rings (SSSR count). The highest BCUT2D eigenvalue weighted by Crippen LogP contribution is 2.21. The second-order valence-electron chi connectivity index (χ2n) is 4.93. The van der Waals surface area contributed by atoms with Crippen molar-refractivity contribution in [3.63, 3.8) is 0 Å². The van der Waals surface area contributed by atoms with E-state index in [9.17, 15) is 0 Å². The lowest BCUT2D eigenvalue weighted by atomic mass is 10.1. The van der Waals surface area contributed by atoms with Gasteiger partial charge in [0, 0.05) is 28.5 Å². The van der Waals surface area contributed by atoms with Gasteiger partial charge in [-0.1, -0.05) is 12.1 Å². The van der Waals surface area contributed by atoms with Crippen LogP contribution in [0.5, 0.6) is 0 Å². The van der Waals surface area contributed by atoms with Gasteiger partial charge in [0.2, 0.25) is 0 Å². The molecule has 19 heavy (non-hydrogen) atoms. The summed E-state index contributed by atoms with van der Waals surface area (Å²) in [6.45, 7) is 1.87. The van der Waals surface area contributed by atoms with Crippen molar-refractivity contribution in [2.75, 3.05) is 6.61 Å². The van der Waals surface area contributed by atoms with Crippen molar-refractivity contribution in [3.05, 3.63) is 40.2 Å². The van der Waals surface area contributed by atoms with Gasteiger partial charge in [0.25, 0.3) is 0 Å². The molecule has 1 aliphatic rings. The highest BCUT2D eigenvalue weighted by molar-refractivity contribution is 14.1. The van der Waals surface area contributed by atoms with Crippen LogP contribution < -0.4 is 0 Å². The molecule has 4 heteroatoms. The molecule has 0 N–H and O–H groups in total. The zero-order valence-electron chi connectivity index (χ0n) is 10.8. The summed E-state index contributed by atoms with van der Waals surface area (Å²) < 4.78 is 8.92. The van der Waals surface area contributed by atoms with Crippen LogP contribution in [0.1, 0.15) is 19.3 Å². The molecular formula is C15H17IN2O. The molecule has 2 aromatic rings. The minimum Gasteiger partial charge on any atom is -0.378 e. The van der Waals surface area contributed by atoms with E-state index >= 15 is 0 Å². The summed E-state index contributed by atoms with van der Waals surface area (Å²) >= 11 is 2.34. The number of ether oxygens (including phenoxy) is 1. The molecule has 0 spiro atoms. The van der Waals surface area contributed by atoms with E-state index in [1.807, 2.05) is 10.9 Å². The molecule has 1 fully saturated rings. The first-order valence-corrected chi connectivity index (χ1v) is 7.79. The van der Waals surface area contributed by atoms with Gasteiger partial charge in [-0.3, -0.25) is 4.68 Å². The average Bonchev–Trinajstić information content (AvgIpc) is 3.08. The Hall–Kier alpha value is -0.880. The number of nitrogens with zero attached hydrogens (tertiary/aromatic N) is 2. The van der Waals surface area contributed by atoms with Gasteiger partial charge in [-0.25, -0.2) is 0 Å². The zero-order chi connectivity index (χ0) is 13.1. The first-order valence-electron chi connectivity index (χ1n) is 6.71. The maximum absolute atomic E-state index is 5.64. The third-order valence-electron chi connectivity index (χ3n) is 3.50. The van der Waals surface area contributed by atoms with Crippen molar-refractivity contribution < 1.29 is 4.74 Å². The molecular weight excluding hydrogens is 351 g/mol. The van der Waals surface area contributed by atoms with Crippen molar-refractivity contribution in [3.8, 4) is 11.1 Å². The van der Waals surface area contributed by atoms with Gasteiger partial charge in [0.1, 0.15) is 0 Å². The van der Waals surface area contributed by atoms with E-state index in [0.717, 1.165) is 19.6 Å². The molecule has 0 amide bonds. The van der Waals surface area contributed by atoms with Crippen LogP contribution in [0.4, 0.5) is 0 Å². The van der Waals surface area contributed by atoms with Gasteiger partial charge in [-0.15, -0.1) is 0 Å². The van der Waals surface area contributed by atoms with Crippen LogP contribution in [0.25, 0.3) is 11.1 Å². The van der Waals surface area contributed by atoms with E-state index < -0.39 is 0 Å². The van der Waals surface area contributed by atoms with E-state index in [-0.39, 0.29) is 0 Å². The molecule has 1 unspecified atom stereocenters. The van der Waals surface area contributed by atoms with Crippen LogP contribution in [-0.2, 0) is 11.3 Å². The third-order valence-corrected chi connectivity index (χ3v) is 4.17. The molecule has 0 bridgehead atoms. The summed E-state index contributed by atoms with van der Waals surface area (Å²) in [5.74, 6) is 0. The molecule has 1 atom stereocenters. The van der Waals surface area contributed by atoms with E-state index in [2.05, 4.69) is 58.2 Å². The Balaban J connectivity index is 1.65. The molecule has 1 saturated heterocycles. The maximum Gasteiger partial charge on any atom is 0.0593 e. The SMILES string of the molecule is Ic1cccc(-c2cnn(CCC3CCCO3)c2)c1. The monoisotopic (exact) mass is 368 g/mol. The molecule has 1 aliphatic heterocycles. The largest absolute Gasteiger partial charge is 0.378 e. The molecule has 0 aliphatic carbocycles. The second kappa shape index (κ2) is 6.05. The number of benzene rings is 1. The smallest absolute Gasteiger partial charge is 0.0593 e. The van der Waals surface area contributed by atoms with Crippen molar-refractivity contribution in [2.24, 2.45) is 0 Å². The molecule has 1 aromatic heterocycles. The summed E-state index contributed by atoms with van der Waals surface area (Å²) in [6.07, 6.45) is 7.97. The molecule has 2 heterocycles. The van der Waals surface area contributed by atoms with Gasteiger partial charge in [0.15, 0.2) is 0 Å². The standard InChI is InChI=1S/C15H17IN2O/c16-14-4-1-3-12(9-14)13-10-17-18(11-13)7-6-15-5-2-8-19-15/h1,3-4,9-11,15H,2,5-8H2. The molecule has 3 nitrogen and oxygen atoms in total. The lowest BCUT2D eigenvalue weighted by Gasteiger charge is -2.08. The fourth-order valence-electron chi connectivity index (χ4n) is 2.45. The van der Waals surface area contributed by atoms with Crippen molar-refractivity contribution in [1.29, 1.82) is 0 Å². The normalized spacial score (nSPS) is 18.9. The Morgan fingerprint density at radius 2 is 2.32 bits per heavy atom. The summed E-state index contributed by atoms with van der Waals surface area (Å²) in [5.41, 5.74) is 2.42. The Morgan fingerprint density at radius 1 is 1.37 bits per heavy atom. The summed E-state index contributed by atoms with van der Waals surface area (Å²) in [7, 11) is 0. The number of aryl methyl sites for hydroxylation is 1. The topological polar surface area (TPSA) is 27.1 Å². The van der Waals surface area contributed by atoms with Crippen molar-refractivity contribution >= 4 is 22.6 Å². The number of rotatable bonds is 4. The Kier molecular flexibility index (Phi) is 4.18. The number of halogens is 1. The maximum atomic E-state index is 5.64.